The summed E-state index contributed by atoms with van der Waals surface area (Å²) in [6.45, 7) is 15.0. The van der Waals surface area contributed by atoms with Crippen LogP contribution in [0.4, 0.5) is 0 Å². The van der Waals surface area contributed by atoms with Gasteiger partial charge in [0, 0.05) is 12.8 Å². The molecule has 0 heterocycles. The maximum atomic E-state index is 12.8. The van der Waals surface area contributed by atoms with Crippen LogP contribution in [0.1, 0.15) is 208 Å². The van der Waals surface area contributed by atoms with E-state index in [4.69, 9.17) is 4.74 Å². The monoisotopic (exact) mass is 639 g/mol. The second-order valence-electron chi connectivity index (χ2n) is 18.0. The number of fused-ring (bicyclic) bond motifs is 5. The van der Waals surface area contributed by atoms with E-state index in [0.717, 1.165) is 54.8 Å². The number of ether oxygens (including phenoxy) is 1. The van der Waals surface area contributed by atoms with E-state index in [2.05, 4.69) is 47.6 Å². The van der Waals surface area contributed by atoms with Gasteiger partial charge < -0.3 is 4.74 Å². The largest absolute Gasteiger partial charge is 0.462 e. The Morgan fingerprint density at radius 1 is 0.761 bits per heavy atom. The van der Waals surface area contributed by atoms with E-state index in [1.165, 1.54) is 141 Å². The first-order valence-electron chi connectivity index (χ1n) is 21.1. The lowest BCUT2D eigenvalue weighted by molar-refractivity contribution is -0.151. The fourth-order valence-electron chi connectivity index (χ4n) is 11.5. The molecule has 0 amide bonds. The molecule has 0 N–H and O–H groups in total. The molecule has 0 radical (unpaired) electrons. The molecule has 0 unspecified atom stereocenters. The molecular formula is C44H78O2. The molecule has 8 atom stereocenters. The average molecular weight is 639 g/mol. The smallest absolute Gasteiger partial charge is 0.306 e. The zero-order valence-corrected chi connectivity index (χ0v) is 31.8. The van der Waals surface area contributed by atoms with Crippen LogP contribution in [0.25, 0.3) is 0 Å². The van der Waals surface area contributed by atoms with Crippen LogP contribution in [-0.4, -0.2) is 12.1 Å². The molecule has 4 aliphatic rings. The molecule has 3 fully saturated rings. The van der Waals surface area contributed by atoms with Crippen molar-refractivity contribution in [3.8, 4) is 0 Å². The van der Waals surface area contributed by atoms with Gasteiger partial charge in [0.15, 0.2) is 0 Å². The van der Waals surface area contributed by atoms with Crippen molar-refractivity contribution in [1.82, 2.24) is 0 Å². The van der Waals surface area contributed by atoms with Gasteiger partial charge in [-0.1, -0.05) is 156 Å². The van der Waals surface area contributed by atoms with E-state index in [1.807, 2.05) is 0 Å². The summed E-state index contributed by atoms with van der Waals surface area (Å²) in [5.41, 5.74) is 2.54. The number of unbranched alkanes of at least 4 members (excludes halogenated alkanes) is 13. The average Bonchev–Trinajstić information content (AvgIpc) is 3.38. The highest BCUT2D eigenvalue weighted by atomic mass is 16.5. The zero-order chi connectivity index (χ0) is 33.0. The molecule has 266 valence electrons. The van der Waals surface area contributed by atoms with Crippen LogP contribution >= 0.6 is 0 Å². The molecule has 46 heavy (non-hydrogen) atoms. The number of carbonyl (C=O) groups is 1. The quantitative estimate of drug-likeness (QED) is 0.0710. The number of carbonyl (C=O) groups excluding carboxylic acids is 1. The Morgan fingerprint density at radius 3 is 2.02 bits per heavy atom. The van der Waals surface area contributed by atoms with Crippen molar-refractivity contribution in [2.24, 2.45) is 46.3 Å². The molecule has 0 aromatic heterocycles. The summed E-state index contributed by atoms with van der Waals surface area (Å²) in [6, 6.07) is 0. The number of allylic oxidation sites excluding steroid dienone is 1. The zero-order valence-electron chi connectivity index (χ0n) is 31.8. The maximum Gasteiger partial charge on any atom is 0.306 e. The van der Waals surface area contributed by atoms with E-state index in [0.29, 0.717) is 17.3 Å². The molecule has 4 rings (SSSR count). The minimum atomic E-state index is 0.0646. The molecule has 4 aliphatic carbocycles. The lowest BCUT2D eigenvalue weighted by Crippen LogP contribution is -2.51. The fraction of sp³-hybridized carbons (Fsp3) is 0.932. The summed E-state index contributed by atoms with van der Waals surface area (Å²) in [5, 5.41) is 0. The standard InChI is InChI=1S/C44H78O2/c1-7-8-9-10-11-12-13-14-15-16-17-18-19-20-24-42(45)46-37-29-31-43(5)36(33-37)25-26-38-40-28-27-39(35(4)23-21-22-34(2)3)44(40,6)32-30-41(38)43/h25,34-35,37-41H,7-24,26-33H2,1-6H3/t35-,37+,38-,39+,40-,41-,43-,44+/m0/s1. The van der Waals surface area contributed by atoms with Gasteiger partial charge >= 0.3 is 5.97 Å². The fourth-order valence-corrected chi connectivity index (χ4v) is 11.5. The summed E-state index contributed by atoms with van der Waals surface area (Å²) in [6.07, 6.45) is 36.9. The second kappa shape index (κ2) is 18.8. The van der Waals surface area contributed by atoms with E-state index >= 15 is 0 Å². The first-order chi connectivity index (χ1) is 22.2. The van der Waals surface area contributed by atoms with Gasteiger partial charge in [-0.2, -0.15) is 0 Å². The van der Waals surface area contributed by atoms with E-state index in [9.17, 15) is 4.79 Å². The van der Waals surface area contributed by atoms with Crippen LogP contribution in [0, 0.1) is 46.3 Å². The molecule has 0 aliphatic heterocycles. The second-order valence-corrected chi connectivity index (χ2v) is 18.0. The Labute approximate surface area is 287 Å². The highest BCUT2D eigenvalue weighted by molar-refractivity contribution is 5.69. The predicted octanol–water partition coefficient (Wildman–Crippen LogP) is 13.8. The third-order valence-corrected chi connectivity index (χ3v) is 14.3. The predicted molar refractivity (Wildman–Crippen MR) is 198 cm³/mol. The summed E-state index contributed by atoms with van der Waals surface area (Å²) >= 11 is 0. The van der Waals surface area contributed by atoms with Crippen LogP contribution in [0.2, 0.25) is 0 Å². The summed E-state index contributed by atoms with van der Waals surface area (Å²) in [5.74, 6) is 5.34. The third kappa shape index (κ3) is 10.1. The molecule has 0 saturated heterocycles. The number of hydrogen-bond donors (Lipinski definition) is 0. The van der Waals surface area contributed by atoms with Crippen LogP contribution in [0.15, 0.2) is 11.6 Å². The van der Waals surface area contributed by atoms with Crippen molar-refractivity contribution >= 4 is 5.97 Å². The van der Waals surface area contributed by atoms with Gasteiger partial charge in [0.2, 0.25) is 0 Å². The Kier molecular flexibility index (Phi) is 15.6. The number of rotatable bonds is 21. The maximum absolute atomic E-state index is 12.8. The summed E-state index contributed by atoms with van der Waals surface area (Å²) in [7, 11) is 0. The topological polar surface area (TPSA) is 26.3 Å². The minimum Gasteiger partial charge on any atom is -0.462 e. The van der Waals surface area contributed by atoms with Gasteiger partial charge in [0.25, 0.3) is 0 Å². The molecular weight excluding hydrogens is 560 g/mol. The van der Waals surface area contributed by atoms with Gasteiger partial charge in [-0.3, -0.25) is 4.79 Å². The summed E-state index contributed by atoms with van der Waals surface area (Å²) in [4.78, 5) is 12.8. The Bertz CT molecular complexity index is 919. The molecule has 0 bridgehead atoms. The number of hydrogen-bond acceptors (Lipinski definition) is 2. The lowest BCUT2D eigenvalue weighted by Gasteiger charge is -2.58. The molecule has 2 nitrogen and oxygen atoms in total. The third-order valence-electron chi connectivity index (χ3n) is 14.3. The van der Waals surface area contributed by atoms with Gasteiger partial charge in [-0.25, -0.2) is 0 Å². The normalized spacial score (nSPS) is 32.8. The summed E-state index contributed by atoms with van der Waals surface area (Å²) < 4.78 is 6.13. The van der Waals surface area contributed by atoms with Gasteiger partial charge in [0.05, 0.1) is 0 Å². The van der Waals surface area contributed by atoms with Crippen LogP contribution in [0.5, 0.6) is 0 Å². The van der Waals surface area contributed by atoms with Crippen molar-refractivity contribution in [3.05, 3.63) is 11.6 Å². The van der Waals surface area contributed by atoms with Gasteiger partial charge in [-0.05, 0) is 97.7 Å². The Balaban J connectivity index is 1.12. The highest BCUT2D eigenvalue weighted by Gasteiger charge is 2.59. The number of esters is 1. The van der Waals surface area contributed by atoms with Crippen molar-refractivity contribution < 1.29 is 9.53 Å². The van der Waals surface area contributed by atoms with Crippen LogP contribution in [0.3, 0.4) is 0 Å². The van der Waals surface area contributed by atoms with Crippen molar-refractivity contribution in [3.63, 3.8) is 0 Å². The van der Waals surface area contributed by atoms with E-state index < -0.39 is 0 Å². The van der Waals surface area contributed by atoms with Crippen LogP contribution in [-0.2, 0) is 9.53 Å². The molecule has 3 saturated carbocycles. The lowest BCUT2D eigenvalue weighted by atomic mass is 9.47. The van der Waals surface area contributed by atoms with E-state index in [-0.39, 0.29) is 12.1 Å². The molecule has 0 spiro atoms. The first kappa shape index (κ1) is 38.0. The van der Waals surface area contributed by atoms with Gasteiger partial charge in [-0.15, -0.1) is 0 Å². The molecule has 0 aromatic carbocycles. The highest BCUT2D eigenvalue weighted by Crippen LogP contribution is 2.67. The Hall–Kier alpha value is -0.790. The van der Waals surface area contributed by atoms with Crippen molar-refractivity contribution in [2.75, 3.05) is 0 Å². The minimum absolute atomic E-state index is 0.0646. The van der Waals surface area contributed by atoms with E-state index in [1.54, 1.807) is 5.57 Å². The Morgan fingerprint density at radius 2 is 1.39 bits per heavy atom. The van der Waals surface area contributed by atoms with Crippen LogP contribution < -0.4 is 0 Å². The SMILES string of the molecule is CCCCCCCCCCCCCCCCC(=O)O[C@@H]1CC[C@@]2(C)C(=CC[C@H]3[C@@H]4CC[C@H]([C@@H](C)CCCC(C)C)[C@@]4(C)CC[C@@H]32)C1. The van der Waals surface area contributed by atoms with Crippen molar-refractivity contribution in [1.29, 1.82) is 0 Å². The van der Waals surface area contributed by atoms with Crippen molar-refractivity contribution in [2.45, 2.75) is 215 Å². The van der Waals surface area contributed by atoms with Gasteiger partial charge in [0.1, 0.15) is 6.10 Å². The molecule has 0 aromatic rings. The first-order valence-corrected chi connectivity index (χ1v) is 21.1. The molecule has 2 heteroatoms.